The number of benzene rings is 1. The van der Waals surface area contributed by atoms with Crippen LogP contribution in [0.25, 0.3) is 11.4 Å². The van der Waals surface area contributed by atoms with Gasteiger partial charge in [0.05, 0.1) is 24.5 Å². The first-order valence-electron chi connectivity index (χ1n) is 11.6. The summed E-state index contributed by atoms with van der Waals surface area (Å²) in [6.07, 6.45) is 4.53. The molecular formula is C25H30N6O3. The van der Waals surface area contributed by atoms with Crippen molar-refractivity contribution >= 4 is 17.5 Å². The molecule has 3 heterocycles. The van der Waals surface area contributed by atoms with Crippen molar-refractivity contribution in [2.75, 3.05) is 29.9 Å². The summed E-state index contributed by atoms with van der Waals surface area (Å²) in [5.41, 5.74) is 2.74. The average Bonchev–Trinajstić information content (AvgIpc) is 2.87. The van der Waals surface area contributed by atoms with Crippen LogP contribution < -0.4 is 15.8 Å². The van der Waals surface area contributed by atoms with E-state index in [4.69, 9.17) is 9.72 Å². The van der Waals surface area contributed by atoms with Gasteiger partial charge in [-0.3, -0.25) is 14.2 Å². The number of hydrogen-bond acceptors (Lipinski definition) is 7. The molecule has 0 saturated carbocycles. The monoisotopic (exact) mass is 462 g/mol. The fourth-order valence-corrected chi connectivity index (χ4v) is 4.10. The molecule has 34 heavy (non-hydrogen) atoms. The summed E-state index contributed by atoms with van der Waals surface area (Å²) in [4.78, 5) is 39.9. The first-order valence-corrected chi connectivity index (χ1v) is 11.6. The molecule has 1 N–H and O–H groups in total. The van der Waals surface area contributed by atoms with Crippen molar-refractivity contribution in [2.24, 2.45) is 13.0 Å². The maximum atomic E-state index is 12.6. The minimum Gasteiger partial charge on any atom is -0.370 e. The van der Waals surface area contributed by atoms with Gasteiger partial charge in [0.15, 0.2) is 0 Å². The second-order valence-corrected chi connectivity index (χ2v) is 8.36. The normalized spacial score (nSPS) is 16.0. The van der Waals surface area contributed by atoms with Crippen LogP contribution in [0.5, 0.6) is 0 Å². The number of nitrogens with one attached hydrogen (secondary N) is 1. The van der Waals surface area contributed by atoms with E-state index in [0.29, 0.717) is 37.0 Å². The van der Waals surface area contributed by atoms with E-state index in [1.807, 2.05) is 38.1 Å². The molecule has 0 radical (unpaired) electrons. The summed E-state index contributed by atoms with van der Waals surface area (Å²) >= 11 is 0. The molecule has 1 aliphatic rings. The van der Waals surface area contributed by atoms with Crippen molar-refractivity contribution in [3.63, 3.8) is 0 Å². The lowest BCUT2D eigenvalue weighted by Crippen LogP contribution is -2.41. The van der Waals surface area contributed by atoms with E-state index in [1.54, 1.807) is 23.9 Å². The molecule has 1 unspecified atom stereocenters. The van der Waals surface area contributed by atoms with Crippen molar-refractivity contribution in [1.82, 2.24) is 19.5 Å². The molecule has 0 spiro atoms. The lowest BCUT2D eigenvalue weighted by atomic mass is 10.0. The van der Waals surface area contributed by atoms with E-state index in [-0.39, 0.29) is 23.5 Å². The standard InChI is InChI=1S/C25H30N6O3/c1-4-17(5-2)24(33)28-19-8-6-18(7-9-19)22-15-31(12-13-34-22)25-29-21(14-23(32)30(25)3)20-10-11-26-16-27-20/h6-11,14,16-17,22H,4-5,12-13,15H2,1-3H3,(H,28,33). The molecule has 9 heteroatoms. The quantitative estimate of drug-likeness (QED) is 0.575. The molecule has 0 aliphatic carbocycles. The van der Waals surface area contributed by atoms with Crippen molar-refractivity contribution in [3.8, 4) is 11.4 Å². The van der Waals surface area contributed by atoms with Gasteiger partial charge < -0.3 is 15.0 Å². The zero-order valence-corrected chi connectivity index (χ0v) is 19.8. The van der Waals surface area contributed by atoms with E-state index < -0.39 is 0 Å². The smallest absolute Gasteiger partial charge is 0.255 e. The Balaban J connectivity index is 1.51. The first-order chi connectivity index (χ1) is 16.5. The van der Waals surface area contributed by atoms with Gasteiger partial charge in [-0.25, -0.2) is 15.0 Å². The molecule has 2 aromatic heterocycles. The third-order valence-electron chi connectivity index (χ3n) is 6.21. The Morgan fingerprint density at radius 1 is 1.18 bits per heavy atom. The molecule has 1 aromatic carbocycles. The number of morpholine rings is 1. The topological polar surface area (TPSA) is 102 Å². The van der Waals surface area contributed by atoms with Gasteiger partial charge in [-0.1, -0.05) is 26.0 Å². The summed E-state index contributed by atoms with van der Waals surface area (Å²) in [5.74, 6) is 0.643. The highest BCUT2D eigenvalue weighted by atomic mass is 16.5. The summed E-state index contributed by atoms with van der Waals surface area (Å²) < 4.78 is 7.58. The molecule has 1 amide bonds. The molecule has 1 fully saturated rings. The number of nitrogens with zero attached hydrogens (tertiary/aromatic N) is 5. The van der Waals surface area contributed by atoms with Crippen LogP contribution >= 0.6 is 0 Å². The van der Waals surface area contributed by atoms with Gasteiger partial charge in [0.25, 0.3) is 5.56 Å². The minimum absolute atomic E-state index is 0.0205. The predicted octanol–water partition coefficient (Wildman–Crippen LogP) is 3.19. The van der Waals surface area contributed by atoms with Crippen molar-refractivity contribution in [3.05, 3.63) is 64.8 Å². The minimum atomic E-state index is -0.183. The van der Waals surface area contributed by atoms with E-state index >= 15 is 0 Å². The number of carbonyl (C=O) groups is 1. The van der Waals surface area contributed by atoms with Crippen LogP contribution in [0.3, 0.4) is 0 Å². The fourth-order valence-electron chi connectivity index (χ4n) is 4.10. The summed E-state index contributed by atoms with van der Waals surface area (Å²) in [7, 11) is 1.72. The third kappa shape index (κ3) is 5.14. The zero-order chi connectivity index (χ0) is 24.1. The van der Waals surface area contributed by atoms with Crippen LogP contribution in [0.1, 0.15) is 38.4 Å². The average molecular weight is 463 g/mol. The van der Waals surface area contributed by atoms with Crippen LogP contribution in [0.2, 0.25) is 0 Å². The van der Waals surface area contributed by atoms with Gasteiger partial charge in [0.1, 0.15) is 12.4 Å². The SMILES string of the molecule is CCC(CC)C(=O)Nc1ccc(C2CN(c3nc(-c4ccncn4)cc(=O)n3C)CCO2)cc1. The third-order valence-corrected chi connectivity index (χ3v) is 6.21. The van der Waals surface area contributed by atoms with Crippen LogP contribution in [-0.2, 0) is 16.6 Å². The second-order valence-electron chi connectivity index (χ2n) is 8.36. The summed E-state index contributed by atoms with van der Waals surface area (Å²) in [5, 5.41) is 3.00. The molecule has 1 saturated heterocycles. The Hall–Kier alpha value is -3.59. The fraction of sp³-hybridized carbons (Fsp3) is 0.400. The summed E-state index contributed by atoms with van der Waals surface area (Å²) in [6, 6.07) is 11.0. The number of ether oxygens (including phenoxy) is 1. The highest BCUT2D eigenvalue weighted by Crippen LogP contribution is 2.27. The molecular weight excluding hydrogens is 432 g/mol. The van der Waals surface area contributed by atoms with Gasteiger partial charge in [0, 0.05) is 37.5 Å². The van der Waals surface area contributed by atoms with E-state index in [2.05, 4.69) is 20.2 Å². The lowest BCUT2D eigenvalue weighted by molar-refractivity contribution is -0.120. The van der Waals surface area contributed by atoms with Gasteiger partial charge in [-0.15, -0.1) is 0 Å². The maximum Gasteiger partial charge on any atom is 0.255 e. The predicted molar refractivity (Wildman–Crippen MR) is 131 cm³/mol. The first kappa shape index (κ1) is 23.6. The van der Waals surface area contributed by atoms with Crippen LogP contribution in [0.15, 0.2) is 53.7 Å². The van der Waals surface area contributed by atoms with Crippen molar-refractivity contribution in [1.29, 1.82) is 0 Å². The molecule has 9 nitrogen and oxygen atoms in total. The Morgan fingerprint density at radius 2 is 1.94 bits per heavy atom. The van der Waals surface area contributed by atoms with Crippen molar-refractivity contribution < 1.29 is 9.53 Å². The highest BCUT2D eigenvalue weighted by molar-refractivity contribution is 5.92. The Bertz CT molecular complexity index is 1180. The number of hydrogen-bond donors (Lipinski definition) is 1. The molecule has 3 aromatic rings. The van der Waals surface area contributed by atoms with Gasteiger partial charge >= 0.3 is 0 Å². The summed E-state index contributed by atoms with van der Waals surface area (Å²) in [6.45, 7) is 5.72. The number of carbonyl (C=O) groups excluding carboxylic acids is 1. The van der Waals surface area contributed by atoms with Crippen LogP contribution in [0, 0.1) is 5.92 Å². The Morgan fingerprint density at radius 3 is 2.62 bits per heavy atom. The molecule has 178 valence electrons. The number of rotatable bonds is 7. The number of aromatic nitrogens is 4. The number of amides is 1. The highest BCUT2D eigenvalue weighted by Gasteiger charge is 2.25. The largest absolute Gasteiger partial charge is 0.370 e. The number of anilines is 2. The Kier molecular flexibility index (Phi) is 7.32. The van der Waals surface area contributed by atoms with E-state index in [0.717, 1.165) is 24.1 Å². The van der Waals surface area contributed by atoms with Gasteiger partial charge in [-0.05, 0) is 36.6 Å². The van der Waals surface area contributed by atoms with E-state index in [9.17, 15) is 9.59 Å². The molecule has 1 aliphatic heterocycles. The maximum absolute atomic E-state index is 12.6. The van der Waals surface area contributed by atoms with Crippen LogP contribution in [0.4, 0.5) is 11.6 Å². The molecule has 4 rings (SSSR count). The zero-order valence-electron chi connectivity index (χ0n) is 19.8. The molecule has 0 bridgehead atoms. The van der Waals surface area contributed by atoms with Gasteiger partial charge in [0.2, 0.25) is 11.9 Å². The molecule has 1 atom stereocenters. The van der Waals surface area contributed by atoms with E-state index in [1.165, 1.54) is 12.4 Å². The van der Waals surface area contributed by atoms with Crippen molar-refractivity contribution in [2.45, 2.75) is 32.8 Å². The Labute approximate surface area is 198 Å². The van der Waals surface area contributed by atoms with Gasteiger partial charge in [-0.2, -0.15) is 0 Å². The van der Waals surface area contributed by atoms with Crippen LogP contribution in [-0.4, -0.2) is 45.1 Å². The lowest BCUT2D eigenvalue weighted by Gasteiger charge is -2.34. The second kappa shape index (κ2) is 10.6.